The van der Waals surface area contributed by atoms with Gasteiger partial charge in [0.2, 0.25) is 5.88 Å². The van der Waals surface area contributed by atoms with Crippen molar-refractivity contribution >= 4 is 0 Å². The zero-order valence-corrected chi connectivity index (χ0v) is 11.7. The van der Waals surface area contributed by atoms with Crippen LogP contribution in [0.5, 0.6) is 5.88 Å². The van der Waals surface area contributed by atoms with Crippen molar-refractivity contribution in [2.24, 2.45) is 0 Å². The number of hydrogen-bond acceptors (Lipinski definition) is 6. The molecule has 1 aliphatic heterocycles. The van der Waals surface area contributed by atoms with Crippen LogP contribution in [0.2, 0.25) is 0 Å². The summed E-state index contributed by atoms with van der Waals surface area (Å²) in [6, 6.07) is 1.76. The first-order valence-corrected chi connectivity index (χ1v) is 6.77. The Morgan fingerprint density at radius 3 is 3.00 bits per heavy atom. The molecule has 104 valence electrons. The van der Waals surface area contributed by atoms with Crippen molar-refractivity contribution in [2.75, 3.05) is 13.7 Å². The third-order valence-electron chi connectivity index (χ3n) is 3.44. The molecule has 0 atom stereocenters. The van der Waals surface area contributed by atoms with Crippen molar-refractivity contribution in [3.05, 3.63) is 29.3 Å². The lowest BCUT2D eigenvalue weighted by Gasteiger charge is -2.19. The summed E-state index contributed by atoms with van der Waals surface area (Å²) >= 11 is 0. The summed E-state index contributed by atoms with van der Waals surface area (Å²) in [5.74, 6) is 1.16. The first kappa shape index (κ1) is 12.9. The van der Waals surface area contributed by atoms with E-state index in [-0.39, 0.29) is 0 Å². The number of hydrogen-bond donors (Lipinski definition) is 1. The van der Waals surface area contributed by atoms with Crippen LogP contribution in [0.4, 0.5) is 0 Å². The van der Waals surface area contributed by atoms with Crippen LogP contribution in [-0.4, -0.2) is 33.6 Å². The van der Waals surface area contributed by atoms with E-state index in [9.17, 15) is 0 Å². The fourth-order valence-corrected chi connectivity index (χ4v) is 2.42. The molecule has 6 nitrogen and oxygen atoms in total. The van der Waals surface area contributed by atoms with Gasteiger partial charge in [-0.15, -0.1) is 0 Å². The Morgan fingerprint density at radius 1 is 1.30 bits per heavy atom. The van der Waals surface area contributed by atoms with E-state index in [2.05, 4.69) is 32.2 Å². The lowest BCUT2D eigenvalue weighted by Crippen LogP contribution is -2.26. The summed E-state index contributed by atoms with van der Waals surface area (Å²) in [6.07, 6.45) is 3.37. The molecule has 0 saturated carbocycles. The Labute approximate surface area is 117 Å². The minimum atomic E-state index is 0.521. The monoisotopic (exact) mass is 271 g/mol. The highest BCUT2D eigenvalue weighted by Crippen LogP contribution is 2.22. The molecule has 0 spiro atoms. The Hall–Kier alpha value is -2.08. The summed E-state index contributed by atoms with van der Waals surface area (Å²) in [6.45, 7) is 3.90. The van der Waals surface area contributed by atoms with Gasteiger partial charge in [-0.2, -0.15) is 0 Å². The van der Waals surface area contributed by atoms with Gasteiger partial charge in [0.05, 0.1) is 12.8 Å². The van der Waals surface area contributed by atoms with E-state index < -0.39 is 0 Å². The van der Waals surface area contributed by atoms with Crippen LogP contribution in [0.3, 0.4) is 0 Å². The molecule has 1 aliphatic rings. The molecule has 0 aromatic carbocycles. The van der Waals surface area contributed by atoms with E-state index in [1.165, 1.54) is 11.9 Å². The van der Waals surface area contributed by atoms with Gasteiger partial charge in [-0.3, -0.25) is 0 Å². The molecule has 0 bridgehead atoms. The zero-order valence-electron chi connectivity index (χ0n) is 11.7. The number of fused-ring (bicyclic) bond motifs is 1. The number of nitrogens with one attached hydrogen (secondary N) is 1. The summed E-state index contributed by atoms with van der Waals surface area (Å²) in [4.78, 5) is 17.6. The van der Waals surface area contributed by atoms with Crippen LogP contribution in [-0.2, 0) is 19.4 Å². The lowest BCUT2D eigenvalue weighted by molar-refractivity contribution is 0.397. The average Bonchev–Trinajstić information content (AvgIpc) is 2.53. The molecule has 0 fully saturated rings. The van der Waals surface area contributed by atoms with Crippen LogP contribution < -0.4 is 10.1 Å². The number of ether oxygens (including phenoxy) is 1. The van der Waals surface area contributed by atoms with Crippen molar-refractivity contribution < 1.29 is 4.74 Å². The minimum Gasteiger partial charge on any atom is -0.481 e. The van der Waals surface area contributed by atoms with E-state index >= 15 is 0 Å². The largest absolute Gasteiger partial charge is 0.481 e. The highest BCUT2D eigenvalue weighted by atomic mass is 16.5. The first-order chi connectivity index (χ1) is 9.81. The Bertz CT molecular complexity index is 612. The Balaban J connectivity index is 2.09. The normalized spacial score (nSPS) is 13.9. The summed E-state index contributed by atoms with van der Waals surface area (Å²) in [5, 5.41) is 3.35. The Morgan fingerprint density at radius 2 is 2.20 bits per heavy atom. The molecule has 3 rings (SSSR count). The third-order valence-corrected chi connectivity index (χ3v) is 3.44. The quantitative estimate of drug-likeness (QED) is 0.903. The third kappa shape index (κ3) is 2.34. The maximum atomic E-state index is 5.13. The number of aryl methyl sites for hydroxylation is 1. The van der Waals surface area contributed by atoms with Gasteiger partial charge in [0.25, 0.3) is 0 Å². The molecule has 1 N–H and O–H groups in total. The fraction of sp³-hybridized carbons (Fsp3) is 0.429. The summed E-state index contributed by atoms with van der Waals surface area (Å²) in [5.41, 5.74) is 4.18. The van der Waals surface area contributed by atoms with Gasteiger partial charge in [0, 0.05) is 18.3 Å². The second-order valence-corrected chi connectivity index (χ2v) is 4.65. The topological polar surface area (TPSA) is 72.8 Å². The number of nitrogens with zero attached hydrogens (tertiary/aromatic N) is 4. The maximum Gasteiger partial charge on any atom is 0.216 e. The molecule has 0 saturated heterocycles. The van der Waals surface area contributed by atoms with Crippen LogP contribution in [0.1, 0.15) is 23.9 Å². The predicted octanol–water partition coefficient (Wildman–Crippen LogP) is 1.15. The first-order valence-electron chi connectivity index (χ1n) is 6.77. The fourth-order valence-electron chi connectivity index (χ4n) is 2.42. The standard InChI is InChI=1S/C14H17N5O/c1-3-10-9-4-5-15-7-12(9)19-14(18-10)11-6-13(20-2)17-8-16-11/h6,8,15H,3-5,7H2,1-2H3. The van der Waals surface area contributed by atoms with Gasteiger partial charge in [-0.1, -0.05) is 6.92 Å². The molecule has 2 aromatic rings. The summed E-state index contributed by atoms with van der Waals surface area (Å²) < 4.78 is 5.13. The van der Waals surface area contributed by atoms with Crippen molar-refractivity contribution in [2.45, 2.75) is 26.3 Å². The molecule has 2 aromatic heterocycles. The minimum absolute atomic E-state index is 0.521. The van der Waals surface area contributed by atoms with Crippen molar-refractivity contribution in [3.8, 4) is 17.4 Å². The van der Waals surface area contributed by atoms with E-state index in [1.807, 2.05) is 0 Å². The SMILES string of the molecule is CCc1nc(-c2cc(OC)ncn2)nc2c1CCNC2. The van der Waals surface area contributed by atoms with Crippen molar-refractivity contribution in [1.82, 2.24) is 25.3 Å². The van der Waals surface area contributed by atoms with E-state index in [0.717, 1.165) is 37.3 Å². The zero-order chi connectivity index (χ0) is 13.9. The van der Waals surface area contributed by atoms with Crippen molar-refractivity contribution in [3.63, 3.8) is 0 Å². The average molecular weight is 271 g/mol. The second-order valence-electron chi connectivity index (χ2n) is 4.65. The molecule has 0 unspecified atom stereocenters. The van der Waals surface area contributed by atoms with Gasteiger partial charge in [-0.05, 0) is 24.9 Å². The number of rotatable bonds is 3. The molecular weight excluding hydrogens is 254 g/mol. The summed E-state index contributed by atoms with van der Waals surface area (Å²) in [7, 11) is 1.58. The Kier molecular flexibility index (Phi) is 3.56. The predicted molar refractivity (Wildman–Crippen MR) is 74.4 cm³/mol. The molecule has 0 radical (unpaired) electrons. The molecule has 0 aliphatic carbocycles. The van der Waals surface area contributed by atoms with E-state index in [4.69, 9.17) is 4.74 Å². The smallest absolute Gasteiger partial charge is 0.216 e. The van der Waals surface area contributed by atoms with Gasteiger partial charge in [0.15, 0.2) is 5.82 Å². The van der Waals surface area contributed by atoms with E-state index in [0.29, 0.717) is 17.4 Å². The molecule has 0 amide bonds. The molecule has 3 heterocycles. The van der Waals surface area contributed by atoms with Crippen LogP contribution in [0.25, 0.3) is 11.5 Å². The maximum absolute atomic E-state index is 5.13. The number of aromatic nitrogens is 4. The molecule has 6 heteroatoms. The van der Waals surface area contributed by atoms with Crippen molar-refractivity contribution in [1.29, 1.82) is 0 Å². The van der Waals surface area contributed by atoms with Gasteiger partial charge in [-0.25, -0.2) is 19.9 Å². The van der Waals surface area contributed by atoms with Crippen LogP contribution in [0.15, 0.2) is 12.4 Å². The van der Waals surface area contributed by atoms with Gasteiger partial charge in [0.1, 0.15) is 12.0 Å². The van der Waals surface area contributed by atoms with Crippen LogP contribution >= 0.6 is 0 Å². The van der Waals surface area contributed by atoms with Gasteiger partial charge < -0.3 is 10.1 Å². The molecule has 20 heavy (non-hydrogen) atoms. The van der Waals surface area contributed by atoms with Gasteiger partial charge >= 0.3 is 0 Å². The lowest BCUT2D eigenvalue weighted by atomic mass is 10.0. The second kappa shape index (κ2) is 5.50. The molecular formula is C14H17N5O. The highest BCUT2D eigenvalue weighted by molar-refractivity contribution is 5.52. The van der Waals surface area contributed by atoms with Crippen LogP contribution in [0, 0.1) is 0 Å². The van der Waals surface area contributed by atoms with E-state index in [1.54, 1.807) is 13.2 Å². The number of methoxy groups -OCH3 is 1. The highest BCUT2D eigenvalue weighted by Gasteiger charge is 2.17.